The number of benzene rings is 3. The number of para-hydroxylation sites is 1. The molecule has 0 saturated carbocycles. The zero-order valence-electron chi connectivity index (χ0n) is 22.9. The van der Waals surface area contributed by atoms with Gasteiger partial charge in [0.2, 0.25) is 0 Å². The lowest BCUT2D eigenvalue weighted by molar-refractivity contribution is 0.0628. The summed E-state index contributed by atoms with van der Waals surface area (Å²) in [6.07, 6.45) is 6.48. The summed E-state index contributed by atoms with van der Waals surface area (Å²) in [4.78, 5) is 21.8. The SMILES string of the molecule is CCCCCc1ccc(CN2CCN(C(=O)c3ccc(NS(=O)(=O)c4cccc5cccnc45)cc3)CC2)cc1. The Morgan fingerprint density at radius 1 is 0.850 bits per heavy atom. The Morgan fingerprint density at radius 2 is 1.55 bits per heavy atom. The molecule has 1 saturated heterocycles. The molecule has 4 aromatic rings. The molecule has 1 amide bonds. The first-order valence-electron chi connectivity index (χ1n) is 14.0. The van der Waals surface area contributed by atoms with E-state index in [1.54, 1.807) is 48.7 Å². The molecule has 1 aromatic heterocycles. The number of hydrogen-bond acceptors (Lipinski definition) is 5. The number of hydrogen-bond donors (Lipinski definition) is 1. The number of pyridine rings is 1. The largest absolute Gasteiger partial charge is 0.336 e. The summed E-state index contributed by atoms with van der Waals surface area (Å²) < 4.78 is 28.8. The van der Waals surface area contributed by atoms with Crippen molar-refractivity contribution in [2.75, 3.05) is 30.9 Å². The van der Waals surface area contributed by atoms with Crippen molar-refractivity contribution in [3.05, 3.63) is 102 Å². The monoisotopic (exact) mass is 556 g/mol. The second-order valence-electron chi connectivity index (χ2n) is 10.4. The van der Waals surface area contributed by atoms with Gasteiger partial charge in [0, 0.05) is 55.6 Å². The van der Waals surface area contributed by atoms with Crippen LogP contribution in [0.4, 0.5) is 5.69 Å². The minimum Gasteiger partial charge on any atom is -0.336 e. The van der Waals surface area contributed by atoms with Crippen molar-refractivity contribution < 1.29 is 13.2 Å². The number of fused-ring (bicyclic) bond motifs is 1. The van der Waals surface area contributed by atoms with Crippen LogP contribution in [-0.4, -0.2) is 55.3 Å². The third-order valence-corrected chi connectivity index (χ3v) is 8.84. The van der Waals surface area contributed by atoms with Crippen molar-refractivity contribution in [1.82, 2.24) is 14.8 Å². The molecule has 1 aliphatic rings. The molecule has 0 unspecified atom stereocenters. The quantitative estimate of drug-likeness (QED) is 0.253. The van der Waals surface area contributed by atoms with Crippen LogP contribution in [0.25, 0.3) is 10.9 Å². The van der Waals surface area contributed by atoms with Crippen molar-refractivity contribution in [3.63, 3.8) is 0 Å². The van der Waals surface area contributed by atoms with Crippen LogP contribution in [0.1, 0.15) is 47.7 Å². The molecule has 1 aliphatic heterocycles. The lowest BCUT2D eigenvalue weighted by atomic mass is 10.0. The van der Waals surface area contributed by atoms with Crippen LogP contribution in [0.15, 0.2) is 90.0 Å². The Labute approximate surface area is 236 Å². The molecule has 7 nitrogen and oxygen atoms in total. The highest BCUT2D eigenvalue weighted by Gasteiger charge is 2.23. The summed E-state index contributed by atoms with van der Waals surface area (Å²) in [6, 6.07) is 24.2. The molecule has 1 N–H and O–H groups in total. The van der Waals surface area contributed by atoms with E-state index >= 15 is 0 Å². The van der Waals surface area contributed by atoms with Crippen LogP contribution >= 0.6 is 0 Å². The molecule has 0 aliphatic carbocycles. The van der Waals surface area contributed by atoms with Crippen LogP contribution in [0.3, 0.4) is 0 Å². The predicted molar refractivity (Wildman–Crippen MR) is 160 cm³/mol. The van der Waals surface area contributed by atoms with E-state index in [9.17, 15) is 13.2 Å². The molecule has 5 rings (SSSR count). The van der Waals surface area contributed by atoms with Gasteiger partial charge in [-0.25, -0.2) is 8.42 Å². The third-order valence-electron chi connectivity index (χ3n) is 7.43. The number of rotatable bonds is 10. The number of piperazine rings is 1. The zero-order chi connectivity index (χ0) is 28.0. The number of nitrogens with one attached hydrogen (secondary N) is 1. The molecule has 0 bridgehead atoms. The molecular formula is C32H36N4O3S. The second kappa shape index (κ2) is 12.6. The van der Waals surface area contributed by atoms with Gasteiger partial charge in [-0.05, 0) is 60.4 Å². The number of unbranched alkanes of at least 4 members (excludes halogenated alkanes) is 2. The molecule has 2 heterocycles. The number of aryl methyl sites for hydroxylation is 1. The highest BCUT2D eigenvalue weighted by Crippen LogP contribution is 2.24. The summed E-state index contributed by atoms with van der Waals surface area (Å²) in [5.41, 5.74) is 4.06. The number of amides is 1. The fourth-order valence-corrected chi connectivity index (χ4v) is 6.36. The van der Waals surface area contributed by atoms with Crippen molar-refractivity contribution in [1.29, 1.82) is 0 Å². The summed E-state index contributed by atoms with van der Waals surface area (Å²) in [5.74, 6) is -0.0382. The minimum absolute atomic E-state index is 0.0382. The number of aromatic nitrogens is 1. The Morgan fingerprint density at radius 3 is 2.27 bits per heavy atom. The fourth-order valence-electron chi connectivity index (χ4n) is 5.12. The van der Waals surface area contributed by atoms with Crippen molar-refractivity contribution in [2.45, 2.75) is 44.0 Å². The van der Waals surface area contributed by atoms with E-state index in [4.69, 9.17) is 0 Å². The number of sulfonamides is 1. The van der Waals surface area contributed by atoms with Crippen molar-refractivity contribution >= 4 is 32.5 Å². The van der Waals surface area contributed by atoms with Crippen molar-refractivity contribution in [2.24, 2.45) is 0 Å². The Bertz CT molecular complexity index is 1540. The van der Waals surface area contributed by atoms with Gasteiger partial charge < -0.3 is 4.90 Å². The Hall–Kier alpha value is -3.75. The van der Waals surface area contributed by atoms with Gasteiger partial charge in [0.1, 0.15) is 4.90 Å². The molecule has 0 radical (unpaired) electrons. The number of carbonyl (C=O) groups is 1. The van der Waals surface area contributed by atoms with Crippen LogP contribution in [0.5, 0.6) is 0 Å². The summed E-state index contributed by atoms with van der Waals surface area (Å²) >= 11 is 0. The van der Waals surface area contributed by atoms with Crippen LogP contribution in [0, 0.1) is 0 Å². The predicted octanol–water partition coefficient (Wildman–Crippen LogP) is 5.73. The number of carbonyl (C=O) groups excluding carboxylic acids is 1. The molecular weight excluding hydrogens is 520 g/mol. The van der Waals surface area contributed by atoms with Gasteiger partial charge in [0.15, 0.2) is 0 Å². The summed E-state index contributed by atoms with van der Waals surface area (Å²) in [6.45, 7) is 6.08. The van der Waals surface area contributed by atoms with Gasteiger partial charge in [-0.3, -0.25) is 19.4 Å². The standard InChI is InChI=1S/C32H36N4O3S/c1-2-3-4-7-25-11-13-26(14-12-25)24-35-20-22-36(23-21-35)32(37)28-15-17-29(18-16-28)34-40(38,39)30-10-5-8-27-9-6-19-33-31(27)30/h5-6,8-19,34H,2-4,7,20-24H2,1H3. The highest BCUT2D eigenvalue weighted by molar-refractivity contribution is 7.93. The van der Waals surface area contributed by atoms with E-state index in [-0.39, 0.29) is 10.8 Å². The maximum atomic E-state index is 13.1. The van der Waals surface area contributed by atoms with Crippen LogP contribution < -0.4 is 4.72 Å². The van der Waals surface area contributed by atoms with Gasteiger partial charge in [-0.2, -0.15) is 0 Å². The van der Waals surface area contributed by atoms with Gasteiger partial charge in [-0.1, -0.05) is 62.2 Å². The van der Waals surface area contributed by atoms with E-state index in [2.05, 4.69) is 45.8 Å². The lowest BCUT2D eigenvalue weighted by Crippen LogP contribution is -2.48. The van der Waals surface area contributed by atoms with Crippen LogP contribution in [-0.2, 0) is 23.0 Å². The Balaban J connectivity index is 1.14. The Kier molecular flexibility index (Phi) is 8.77. The molecule has 3 aromatic carbocycles. The lowest BCUT2D eigenvalue weighted by Gasteiger charge is -2.34. The first-order chi connectivity index (χ1) is 19.4. The molecule has 208 valence electrons. The topological polar surface area (TPSA) is 82.6 Å². The van der Waals surface area contributed by atoms with Gasteiger partial charge in [0.05, 0.1) is 5.52 Å². The van der Waals surface area contributed by atoms with E-state index in [1.807, 2.05) is 17.0 Å². The second-order valence-corrected chi connectivity index (χ2v) is 12.0. The van der Waals surface area contributed by atoms with E-state index < -0.39 is 10.0 Å². The van der Waals surface area contributed by atoms with Gasteiger partial charge in [0.25, 0.3) is 15.9 Å². The first kappa shape index (κ1) is 27.8. The number of anilines is 1. The first-order valence-corrected chi connectivity index (χ1v) is 15.5. The average molecular weight is 557 g/mol. The zero-order valence-corrected chi connectivity index (χ0v) is 23.7. The number of nitrogens with zero attached hydrogens (tertiary/aromatic N) is 3. The average Bonchev–Trinajstić information content (AvgIpc) is 2.98. The normalized spacial score (nSPS) is 14.4. The van der Waals surface area contributed by atoms with E-state index in [0.29, 0.717) is 29.9 Å². The molecule has 1 fully saturated rings. The highest BCUT2D eigenvalue weighted by atomic mass is 32.2. The molecule has 0 spiro atoms. The summed E-state index contributed by atoms with van der Waals surface area (Å²) in [7, 11) is -3.85. The van der Waals surface area contributed by atoms with Crippen LogP contribution in [0.2, 0.25) is 0 Å². The smallest absolute Gasteiger partial charge is 0.264 e. The molecule has 0 atom stereocenters. The maximum absolute atomic E-state index is 13.1. The van der Waals surface area contributed by atoms with Crippen molar-refractivity contribution in [3.8, 4) is 0 Å². The molecule has 8 heteroatoms. The fraction of sp³-hybridized carbons (Fsp3) is 0.312. The van der Waals surface area contributed by atoms with Gasteiger partial charge >= 0.3 is 0 Å². The summed E-state index contributed by atoms with van der Waals surface area (Å²) in [5, 5.41) is 0.752. The maximum Gasteiger partial charge on any atom is 0.264 e. The molecule has 40 heavy (non-hydrogen) atoms. The van der Waals surface area contributed by atoms with Gasteiger partial charge in [-0.15, -0.1) is 0 Å². The third kappa shape index (κ3) is 6.69. The minimum atomic E-state index is -3.85. The van der Waals surface area contributed by atoms with E-state index in [0.717, 1.165) is 31.4 Å². The van der Waals surface area contributed by atoms with E-state index in [1.165, 1.54) is 30.4 Å².